The van der Waals surface area contributed by atoms with E-state index in [1.807, 2.05) is 0 Å². The van der Waals surface area contributed by atoms with E-state index in [0.717, 1.165) is 45.0 Å². The molecule has 0 aliphatic carbocycles. The van der Waals surface area contributed by atoms with E-state index >= 15 is 0 Å². The second-order valence-electron chi connectivity index (χ2n) is 6.83. The standard InChI is InChI=1S/C15H28N2O2/c1-12-10-17(2)6-3-14(12)16-13-4-7-19-15(9-13)5-8-18-11-15/h12-14,16H,3-11H2,1-2H3. The zero-order valence-corrected chi connectivity index (χ0v) is 12.4. The van der Waals surface area contributed by atoms with Gasteiger partial charge in [0, 0.05) is 38.3 Å². The third-order valence-electron chi connectivity index (χ3n) is 5.12. The highest BCUT2D eigenvalue weighted by molar-refractivity contribution is 4.94. The summed E-state index contributed by atoms with van der Waals surface area (Å²) in [5.41, 5.74) is 0.0324. The van der Waals surface area contributed by atoms with Crippen LogP contribution in [0.25, 0.3) is 0 Å². The average Bonchev–Trinajstić information content (AvgIpc) is 2.81. The molecular weight excluding hydrogens is 240 g/mol. The molecule has 3 heterocycles. The first-order chi connectivity index (χ1) is 9.17. The van der Waals surface area contributed by atoms with Crippen LogP contribution in [0.15, 0.2) is 0 Å². The summed E-state index contributed by atoms with van der Waals surface area (Å²) < 4.78 is 11.6. The number of rotatable bonds is 2. The van der Waals surface area contributed by atoms with Gasteiger partial charge >= 0.3 is 0 Å². The molecule has 4 nitrogen and oxygen atoms in total. The number of nitrogens with one attached hydrogen (secondary N) is 1. The number of likely N-dealkylation sites (tertiary alicyclic amines) is 1. The summed E-state index contributed by atoms with van der Waals surface area (Å²) in [4.78, 5) is 2.44. The molecule has 1 N–H and O–H groups in total. The molecule has 0 aromatic rings. The topological polar surface area (TPSA) is 33.7 Å². The van der Waals surface area contributed by atoms with Gasteiger partial charge in [0.15, 0.2) is 0 Å². The maximum absolute atomic E-state index is 6.02. The predicted molar refractivity (Wildman–Crippen MR) is 75.3 cm³/mol. The molecule has 1 spiro atoms. The van der Waals surface area contributed by atoms with E-state index in [4.69, 9.17) is 9.47 Å². The molecule has 4 atom stereocenters. The molecule has 3 aliphatic heterocycles. The largest absolute Gasteiger partial charge is 0.378 e. The van der Waals surface area contributed by atoms with Crippen molar-refractivity contribution in [2.24, 2.45) is 5.92 Å². The van der Waals surface area contributed by atoms with Gasteiger partial charge in [-0.15, -0.1) is 0 Å². The summed E-state index contributed by atoms with van der Waals surface area (Å²) in [7, 11) is 2.23. The van der Waals surface area contributed by atoms with Crippen LogP contribution in [-0.4, -0.2) is 62.5 Å². The maximum atomic E-state index is 6.02. The highest BCUT2D eigenvalue weighted by atomic mass is 16.6. The van der Waals surface area contributed by atoms with Gasteiger partial charge in [0.25, 0.3) is 0 Å². The van der Waals surface area contributed by atoms with E-state index in [1.165, 1.54) is 19.5 Å². The van der Waals surface area contributed by atoms with Crippen molar-refractivity contribution in [1.29, 1.82) is 0 Å². The van der Waals surface area contributed by atoms with E-state index < -0.39 is 0 Å². The minimum absolute atomic E-state index is 0.0324. The second-order valence-corrected chi connectivity index (χ2v) is 6.83. The van der Waals surface area contributed by atoms with Gasteiger partial charge in [-0.25, -0.2) is 0 Å². The third kappa shape index (κ3) is 3.13. The van der Waals surface area contributed by atoms with Crippen LogP contribution in [0, 0.1) is 5.92 Å². The van der Waals surface area contributed by atoms with Crippen molar-refractivity contribution >= 4 is 0 Å². The van der Waals surface area contributed by atoms with Gasteiger partial charge in [0.05, 0.1) is 12.2 Å². The van der Waals surface area contributed by atoms with E-state index in [1.54, 1.807) is 0 Å². The molecular formula is C15H28N2O2. The molecule has 110 valence electrons. The van der Waals surface area contributed by atoms with E-state index in [-0.39, 0.29) is 5.60 Å². The Hall–Kier alpha value is -0.160. The van der Waals surface area contributed by atoms with Crippen LogP contribution < -0.4 is 5.32 Å². The lowest BCUT2D eigenvalue weighted by molar-refractivity contribution is -0.0915. The van der Waals surface area contributed by atoms with Gasteiger partial charge in [-0.3, -0.25) is 0 Å². The first kappa shape index (κ1) is 13.8. The van der Waals surface area contributed by atoms with Crippen LogP contribution in [0.1, 0.15) is 32.6 Å². The molecule has 0 aromatic heterocycles. The Bertz CT molecular complexity index is 305. The zero-order valence-electron chi connectivity index (χ0n) is 12.4. The van der Waals surface area contributed by atoms with Crippen molar-refractivity contribution in [3.8, 4) is 0 Å². The molecule has 0 radical (unpaired) electrons. The van der Waals surface area contributed by atoms with Crippen molar-refractivity contribution < 1.29 is 9.47 Å². The number of hydrogen-bond acceptors (Lipinski definition) is 4. The molecule has 0 amide bonds. The molecule has 19 heavy (non-hydrogen) atoms. The average molecular weight is 268 g/mol. The Labute approximate surface area is 116 Å². The molecule has 3 aliphatic rings. The Balaban J connectivity index is 1.54. The molecule has 0 bridgehead atoms. The molecule has 4 unspecified atom stereocenters. The quantitative estimate of drug-likeness (QED) is 0.817. The Morgan fingerprint density at radius 2 is 2.16 bits per heavy atom. The summed E-state index contributed by atoms with van der Waals surface area (Å²) in [6.07, 6.45) is 4.64. The van der Waals surface area contributed by atoms with Gasteiger partial charge in [0.2, 0.25) is 0 Å². The summed E-state index contributed by atoms with van der Waals surface area (Å²) in [5, 5.41) is 3.92. The van der Waals surface area contributed by atoms with Crippen molar-refractivity contribution in [1.82, 2.24) is 10.2 Å². The minimum Gasteiger partial charge on any atom is -0.378 e. The van der Waals surface area contributed by atoms with Crippen LogP contribution >= 0.6 is 0 Å². The zero-order chi connectivity index (χ0) is 13.3. The van der Waals surface area contributed by atoms with Gasteiger partial charge in [-0.1, -0.05) is 6.92 Å². The fraction of sp³-hybridized carbons (Fsp3) is 1.00. The van der Waals surface area contributed by atoms with Crippen LogP contribution in [0.3, 0.4) is 0 Å². The molecule has 3 saturated heterocycles. The van der Waals surface area contributed by atoms with Gasteiger partial charge in [-0.2, -0.15) is 0 Å². The normalized spacial score (nSPS) is 44.8. The Morgan fingerprint density at radius 1 is 1.26 bits per heavy atom. The van der Waals surface area contributed by atoms with E-state index in [2.05, 4.69) is 24.2 Å². The first-order valence-corrected chi connectivity index (χ1v) is 7.83. The smallest absolute Gasteiger partial charge is 0.0951 e. The fourth-order valence-electron chi connectivity index (χ4n) is 3.94. The number of piperidine rings is 1. The molecule has 3 rings (SSSR count). The fourth-order valence-corrected chi connectivity index (χ4v) is 3.94. The molecule has 0 aromatic carbocycles. The van der Waals surface area contributed by atoms with Gasteiger partial charge < -0.3 is 19.7 Å². The van der Waals surface area contributed by atoms with Crippen molar-refractivity contribution in [2.75, 3.05) is 40.0 Å². The molecule has 0 saturated carbocycles. The van der Waals surface area contributed by atoms with Crippen molar-refractivity contribution in [3.05, 3.63) is 0 Å². The third-order valence-corrected chi connectivity index (χ3v) is 5.12. The predicted octanol–water partition coefficient (Wildman–Crippen LogP) is 1.25. The van der Waals surface area contributed by atoms with Crippen molar-refractivity contribution in [3.63, 3.8) is 0 Å². The highest BCUT2D eigenvalue weighted by Crippen LogP contribution is 2.33. The first-order valence-electron chi connectivity index (χ1n) is 7.83. The monoisotopic (exact) mass is 268 g/mol. The SMILES string of the molecule is CC1CN(C)CCC1NC1CCOC2(CCOC2)C1. The van der Waals surface area contributed by atoms with Crippen molar-refractivity contribution in [2.45, 2.75) is 50.3 Å². The lowest BCUT2D eigenvalue weighted by atomic mass is 9.87. The Morgan fingerprint density at radius 3 is 2.89 bits per heavy atom. The van der Waals surface area contributed by atoms with Gasteiger partial charge in [0.1, 0.15) is 0 Å². The van der Waals surface area contributed by atoms with Crippen LogP contribution in [0.5, 0.6) is 0 Å². The van der Waals surface area contributed by atoms with E-state index in [0.29, 0.717) is 12.1 Å². The lowest BCUT2D eigenvalue weighted by Gasteiger charge is -2.42. The summed E-state index contributed by atoms with van der Waals surface area (Å²) in [5.74, 6) is 0.748. The van der Waals surface area contributed by atoms with E-state index in [9.17, 15) is 0 Å². The number of nitrogens with zero attached hydrogens (tertiary/aromatic N) is 1. The second kappa shape index (κ2) is 5.68. The van der Waals surface area contributed by atoms with Crippen LogP contribution in [-0.2, 0) is 9.47 Å². The molecule has 4 heteroatoms. The maximum Gasteiger partial charge on any atom is 0.0951 e. The van der Waals surface area contributed by atoms with Crippen LogP contribution in [0.4, 0.5) is 0 Å². The summed E-state index contributed by atoms with van der Waals surface area (Å²) in [6, 6.07) is 1.30. The number of ether oxygens (including phenoxy) is 2. The van der Waals surface area contributed by atoms with Crippen LogP contribution in [0.2, 0.25) is 0 Å². The summed E-state index contributed by atoms with van der Waals surface area (Å²) in [6.45, 7) is 7.38. The summed E-state index contributed by atoms with van der Waals surface area (Å²) >= 11 is 0. The molecule has 3 fully saturated rings. The highest BCUT2D eigenvalue weighted by Gasteiger charge is 2.41. The van der Waals surface area contributed by atoms with Gasteiger partial charge in [-0.05, 0) is 38.8 Å². The Kier molecular flexibility index (Phi) is 4.13. The minimum atomic E-state index is 0.0324. The number of hydrogen-bond donors (Lipinski definition) is 1. The lowest BCUT2D eigenvalue weighted by Crippen LogP contribution is -2.54.